The summed E-state index contributed by atoms with van der Waals surface area (Å²) < 4.78 is 0. The molecule has 17 heavy (non-hydrogen) atoms. The zero-order chi connectivity index (χ0) is 12.4. The summed E-state index contributed by atoms with van der Waals surface area (Å²) in [5.41, 5.74) is 6.38. The van der Waals surface area contributed by atoms with Gasteiger partial charge in [-0.25, -0.2) is 0 Å². The fourth-order valence-electron chi connectivity index (χ4n) is 1.73. The van der Waals surface area contributed by atoms with Crippen molar-refractivity contribution in [2.24, 2.45) is 11.7 Å². The number of halogens is 1. The Morgan fingerprint density at radius 1 is 1.59 bits per heavy atom. The van der Waals surface area contributed by atoms with Gasteiger partial charge in [-0.2, -0.15) is 0 Å². The van der Waals surface area contributed by atoms with E-state index in [9.17, 15) is 10.1 Å². The minimum Gasteiger partial charge on any atom is -0.378 e. The average molecular weight is 256 g/mol. The van der Waals surface area contributed by atoms with Crippen LogP contribution in [-0.4, -0.2) is 17.5 Å². The van der Waals surface area contributed by atoms with Crippen LogP contribution in [0.2, 0.25) is 5.02 Å². The van der Waals surface area contributed by atoms with Crippen molar-refractivity contribution in [1.29, 1.82) is 0 Å². The summed E-state index contributed by atoms with van der Waals surface area (Å²) in [7, 11) is 0. The molecule has 5 nitrogen and oxygen atoms in total. The highest BCUT2D eigenvalue weighted by Crippen LogP contribution is 2.32. The summed E-state index contributed by atoms with van der Waals surface area (Å²) in [5, 5.41) is 14.3. The Labute approximate surface area is 104 Å². The van der Waals surface area contributed by atoms with Crippen LogP contribution >= 0.6 is 11.6 Å². The van der Waals surface area contributed by atoms with E-state index in [1.54, 1.807) is 6.07 Å². The van der Waals surface area contributed by atoms with E-state index in [1.165, 1.54) is 12.1 Å². The Kier molecular flexibility index (Phi) is 3.49. The molecule has 1 unspecified atom stereocenters. The second-order valence-corrected chi connectivity index (χ2v) is 4.74. The molecule has 1 fully saturated rings. The average Bonchev–Trinajstić information content (AvgIpc) is 3.09. The van der Waals surface area contributed by atoms with Crippen molar-refractivity contribution in [3.8, 4) is 0 Å². The lowest BCUT2D eigenvalue weighted by Gasteiger charge is -2.12. The van der Waals surface area contributed by atoms with Crippen molar-refractivity contribution >= 4 is 23.0 Å². The van der Waals surface area contributed by atoms with Gasteiger partial charge in [-0.15, -0.1) is 0 Å². The summed E-state index contributed by atoms with van der Waals surface area (Å²) in [5.74, 6) is 0.556. The molecule has 0 radical (unpaired) electrons. The Balaban J connectivity index is 2.07. The fourth-order valence-corrected chi connectivity index (χ4v) is 1.90. The molecule has 1 aromatic rings. The van der Waals surface area contributed by atoms with Crippen LogP contribution in [0.15, 0.2) is 18.2 Å². The molecule has 0 amide bonds. The third-order valence-corrected chi connectivity index (χ3v) is 3.15. The maximum Gasteiger partial charge on any atom is 0.292 e. The van der Waals surface area contributed by atoms with Crippen LogP contribution in [-0.2, 0) is 0 Å². The minimum atomic E-state index is -0.429. The second-order valence-electron chi connectivity index (χ2n) is 4.30. The van der Waals surface area contributed by atoms with Crippen LogP contribution in [0, 0.1) is 16.0 Å². The minimum absolute atomic E-state index is 0.0254. The molecule has 0 spiro atoms. The van der Waals surface area contributed by atoms with Crippen molar-refractivity contribution < 1.29 is 4.92 Å². The van der Waals surface area contributed by atoms with Crippen molar-refractivity contribution in [2.75, 3.05) is 11.9 Å². The van der Waals surface area contributed by atoms with E-state index in [0.717, 1.165) is 12.8 Å². The molecular weight excluding hydrogens is 242 g/mol. The van der Waals surface area contributed by atoms with Crippen LogP contribution < -0.4 is 11.1 Å². The summed E-state index contributed by atoms with van der Waals surface area (Å²) in [6, 6.07) is 4.51. The van der Waals surface area contributed by atoms with E-state index in [2.05, 4.69) is 5.32 Å². The Morgan fingerprint density at radius 3 is 2.88 bits per heavy atom. The van der Waals surface area contributed by atoms with Gasteiger partial charge in [0.25, 0.3) is 5.69 Å². The fraction of sp³-hybridized carbons (Fsp3) is 0.455. The van der Waals surface area contributed by atoms with Gasteiger partial charge >= 0.3 is 0 Å². The summed E-state index contributed by atoms with van der Waals surface area (Å²) >= 11 is 5.82. The van der Waals surface area contributed by atoms with Crippen LogP contribution in [0.25, 0.3) is 0 Å². The normalized spacial score (nSPS) is 16.6. The van der Waals surface area contributed by atoms with Gasteiger partial charge in [0.15, 0.2) is 0 Å². The smallest absolute Gasteiger partial charge is 0.292 e. The van der Waals surface area contributed by atoms with E-state index in [1.807, 2.05) is 0 Å². The zero-order valence-electron chi connectivity index (χ0n) is 9.23. The third kappa shape index (κ3) is 3.08. The molecule has 3 N–H and O–H groups in total. The van der Waals surface area contributed by atoms with Crippen LogP contribution in [0.3, 0.4) is 0 Å². The molecule has 1 aliphatic carbocycles. The number of rotatable bonds is 5. The number of nitrogens with two attached hydrogens (primary N) is 1. The molecule has 2 rings (SSSR count). The molecule has 0 bridgehead atoms. The molecule has 92 valence electrons. The van der Waals surface area contributed by atoms with Crippen molar-refractivity contribution in [2.45, 2.75) is 18.9 Å². The SMILES string of the molecule is NC(CNc1cc(Cl)ccc1[N+](=O)[O-])C1CC1. The van der Waals surface area contributed by atoms with Gasteiger partial charge < -0.3 is 11.1 Å². The second kappa shape index (κ2) is 4.89. The van der Waals surface area contributed by atoms with Gasteiger partial charge in [0.05, 0.1) is 4.92 Å². The quantitative estimate of drug-likeness (QED) is 0.625. The first-order chi connectivity index (χ1) is 8.08. The van der Waals surface area contributed by atoms with Gasteiger partial charge in [-0.3, -0.25) is 10.1 Å². The lowest BCUT2D eigenvalue weighted by Crippen LogP contribution is -2.31. The standard InChI is InChI=1S/C11H14ClN3O2/c12-8-3-4-11(15(16)17)10(5-8)14-6-9(13)7-1-2-7/h3-5,7,9,14H,1-2,6,13H2. The van der Waals surface area contributed by atoms with Gasteiger partial charge in [0.2, 0.25) is 0 Å². The molecule has 0 aliphatic heterocycles. The van der Waals surface area contributed by atoms with E-state index in [-0.39, 0.29) is 11.7 Å². The Bertz CT molecular complexity index is 435. The summed E-state index contributed by atoms with van der Waals surface area (Å²) in [6.07, 6.45) is 2.31. The molecule has 1 aromatic carbocycles. The van der Waals surface area contributed by atoms with Gasteiger partial charge in [0.1, 0.15) is 5.69 Å². The van der Waals surface area contributed by atoms with Gasteiger partial charge in [-0.05, 0) is 30.9 Å². The molecule has 6 heteroatoms. The first kappa shape index (κ1) is 12.1. The molecule has 0 heterocycles. The topological polar surface area (TPSA) is 81.2 Å². The maximum atomic E-state index is 10.8. The number of nitrogens with zero attached hydrogens (tertiary/aromatic N) is 1. The number of anilines is 1. The monoisotopic (exact) mass is 255 g/mol. The molecule has 1 atom stereocenters. The maximum absolute atomic E-state index is 10.8. The Hall–Kier alpha value is -1.33. The highest BCUT2D eigenvalue weighted by molar-refractivity contribution is 6.31. The highest BCUT2D eigenvalue weighted by atomic mass is 35.5. The summed E-state index contributed by atoms with van der Waals surface area (Å²) in [4.78, 5) is 10.4. The predicted octanol–water partition coefficient (Wildman–Crippen LogP) is 2.40. The molecule has 0 saturated heterocycles. The van der Waals surface area contributed by atoms with Crippen molar-refractivity contribution in [1.82, 2.24) is 0 Å². The number of benzene rings is 1. The van der Waals surface area contributed by atoms with Gasteiger partial charge in [-0.1, -0.05) is 11.6 Å². The highest BCUT2D eigenvalue weighted by Gasteiger charge is 2.28. The van der Waals surface area contributed by atoms with Crippen LogP contribution in [0.1, 0.15) is 12.8 Å². The summed E-state index contributed by atoms with van der Waals surface area (Å²) in [6.45, 7) is 0.534. The lowest BCUT2D eigenvalue weighted by molar-refractivity contribution is -0.384. The van der Waals surface area contributed by atoms with E-state index in [4.69, 9.17) is 17.3 Å². The lowest BCUT2D eigenvalue weighted by atomic mass is 10.2. The first-order valence-corrected chi connectivity index (χ1v) is 5.89. The van der Waals surface area contributed by atoms with Crippen LogP contribution in [0.5, 0.6) is 0 Å². The first-order valence-electron chi connectivity index (χ1n) is 5.51. The van der Waals surface area contributed by atoms with Crippen molar-refractivity contribution in [3.63, 3.8) is 0 Å². The van der Waals surface area contributed by atoms with E-state index in [0.29, 0.717) is 23.2 Å². The van der Waals surface area contributed by atoms with Crippen LogP contribution in [0.4, 0.5) is 11.4 Å². The van der Waals surface area contributed by atoms with E-state index < -0.39 is 4.92 Å². The van der Waals surface area contributed by atoms with Gasteiger partial charge in [0, 0.05) is 23.7 Å². The Morgan fingerprint density at radius 2 is 2.29 bits per heavy atom. The third-order valence-electron chi connectivity index (χ3n) is 2.91. The number of nitro benzene ring substituents is 1. The molecule has 0 aromatic heterocycles. The molecule has 1 saturated carbocycles. The number of nitro groups is 1. The number of hydrogen-bond donors (Lipinski definition) is 2. The zero-order valence-corrected chi connectivity index (χ0v) is 9.98. The largest absolute Gasteiger partial charge is 0.378 e. The molecular formula is C11H14ClN3O2. The van der Waals surface area contributed by atoms with Crippen molar-refractivity contribution in [3.05, 3.63) is 33.3 Å². The molecule has 1 aliphatic rings. The van der Waals surface area contributed by atoms with E-state index >= 15 is 0 Å². The number of hydrogen-bond acceptors (Lipinski definition) is 4. The predicted molar refractivity (Wildman–Crippen MR) is 67.3 cm³/mol. The number of nitrogens with one attached hydrogen (secondary N) is 1.